The van der Waals surface area contributed by atoms with Crippen LogP contribution < -0.4 is 4.74 Å². The highest BCUT2D eigenvalue weighted by molar-refractivity contribution is 5.47. The van der Waals surface area contributed by atoms with E-state index in [0.717, 1.165) is 11.1 Å². The van der Waals surface area contributed by atoms with Crippen LogP contribution in [0.2, 0.25) is 0 Å². The number of benzene rings is 1. The number of aryl methyl sites for hydroxylation is 1. The summed E-state index contributed by atoms with van der Waals surface area (Å²) in [5.74, 6) is 0.0275. The Bertz CT molecular complexity index is 382. The maximum atomic E-state index is 11.9. The van der Waals surface area contributed by atoms with Crippen LogP contribution >= 0.6 is 0 Å². The van der Waals surface area contributed by atoms with Gasteiger partial charge in [0.15, 0.2) is 0 Å². The van der Waals surface area contributed by atoms with Crippen molar-refractivity contribution in [1.82, 2.24) is 0 Å². The highest BCUT2D eigenvalue weighted by Gasteiger charge is 2.08. The molecule has 4 heteroatoms. The van der Waals surface area contributed by atoms with Crippen molar-refractivity contribution in [3.8, 4) is 11.8 Å². The Kier molecular flexibility index (Phi) is 3.03. The average Bonchev–Trinajstić information content (AvgIpc) is 2.10. The maximum absolute atomic E-state index is 11.9. The van der Waals surface area contributed by atoms with E-state index >= 15 is 0 Å². The van der Waals surface area contributed by atoms with Crippen molar-refractivity contribution < 1.29 is 13.5 Å². The van der Waals surface area contributed by atoms with Crippen molar-refractivity contribution in [2.75, 3.05) is 0 Å². The van der Waals surface area contributed by atoms with E-state index in [9.17, 15) is 8.78 Å². The van der Waals surface area contributed by atoms with E-state index in [4.69, 9.17) is 5.26 Å². The zero-order chi connectivity index (χ0) is 10.7. The maximum Gasteiger partial charge on any atom is 0.387 e. The van der Waals surface area contributed by atoms with E-state index < -0.39 is 6.61 Å². The normalized spacial score (nSPS) is 10.0. The molecular formula is C10H9F2NO. The van der Waals surface area contributed by atoms with E-state index in [0.29, 0.717) is 5.56 Å². The summed E-state index contributed by atoms with van der Waals surface area (Å²) in [6.07, 6.45) is 0. The minimum atomic E-state index is -2.86. The number of nitriles is 1. The second kappa shape index (κ2) is 4.05. The monoisotopic (exact) mass is 197 g/mol. The first-order chi connectivity index (χ1) is 6.54. The summed E-state index contributed by atoms with van der Waals surface area (Å²) in [4.78, 5) is 0. The Morgan fingerprint density at radius 2 is 2.00 bits per heavy atom. The predicted octanol–water partition coefficient (Wildman–Crippen LogP) is 2.78. The number of hydrogen-bond acceptors (Lipinski definition) is 2. The number of hydrogen-bond donors (Lipinski definition) is 0. The van der Waals surface area contributed by atoms with Crippen molar-refractivity contribution in [2.45, 2.75) is 20.5 Å². The fraction of sp³-hybridized carbons (Fsp3) is 0.300. The van der Waals surface area contributed by atoms with Gasteiger partial charge >= 0.3 is 6.61 Å². The highest BCUT2D eigenvalue weighted by Crippen LogP contribution is 2.22. The molecule has 1 rings (SSSR count). The Balaban J connectivity index is 3.11. The molecule has 0 heterocycles. The Labute approximate surface area is 80.7 Å². The van der Waals surface area contributed by atoms with Gasteiger partial charge in [-0.25, -0.2) is 0 Å². The first kappa shape index (κ1) is 10.5. The predicted molar refractivity (Wildman–Crippen MR) is 47.3 cm³/mol. The molecule has 0 bridgehead atoms. The van der Waals surface area contributed by atoms with Gasteiger partial charge in [0.05, 0.1) is 11.6 Å². The van der Waals surface area contributed by atoms with Gasteiger partial charge in [0.2, 0.25) is 0 Å². The summed E-state index contributed by atoms with van der Waals surface area (Å²) in [6, 6.07) is 4.73. The second-order valence-electron chi connectivity index (χ2n) is 2.90. The molecule has 0 atom stereocenters. The summed E-state index contributed by atoms with van der Waals surface area (Å²) in [6.45, 7) is 0.651. The molecule has 0 saturated heterocycles. The number of ether oxygens (including phenoxy) is 1. The summed E-state index contributed by atoms with van der Waals surface area (Å²) >= 11 is 0. The smallest absolute Gasteiger partial charge is 0.387 e. The van der Waals surface area contributed by atoms with Crippen LogP contribution in [0.5, 0.6) is 5.75 Å². The van der Waals surface area contributed by atoms with Crippen molar-refractivity contribution in [3.63, 3.8) is 0 Å². The SMILES string of the molecule is Cc1cc(OC(F)F)cc(C#N)c1C. The topological polar surface area (TPSA) is 33.0 Å². The zero-order valence-corrected chi connectivity index (χ0v) is 7.84. The Morgan fingerprint density at radius 3 is 2.50 bits per heavy atom. The van der Waals surface area contributed by atoms with E-state index in [1.807, 2.05) is 6.07 Å². The molecule has 0 amide bonds. The summed E-state index contributed by atoms with van der Waals surface area (Å²) in [7, 11) is 0. The molecular weight excluding hydrogens is 188 g/mol. The Hall–Kier alpha value is -1.63. The van der Waals surface area contributed by atoms with Crippen molar-refractivity contribution >= 4 is 0 Å². The van der Waals surface area contributed by atoms with Crippen LogP contribution in [0, 0.1) is 25.2 Å². The molecule has 0 saturated carbocycles. The molecule has 1 aromatic carbocycles. The van der Waals surface area contributed by atoms with Gasteiger partial charge in [-0.1, -0.05) is 0 Å². The van der Waals surface area contributed by atoms with Crippen LogP contribution in [-0.4, -0.2) is 6.61 Å². The van der Waals surface area contributed by atoms with Crippen LogP contribution in [0.4, 0.5) is 8.78 Å². The molecule has 1 aromatic rings. The molecule has 0 aliphatic rings. The third-order valence-electron chi connectivity index (χ3n) is 1.99. The quantitative estimate of drug-likeness (QED) is 0.730. The lowest BCUT2D eigenvalue weighted by Gasteiger charge is -2.08. The molecule has 0 aliphatic carbocycles. The fourth-order valence-electron chi connectivity index (χ4n) is 1.11. The van der Waals surface area contributed by atoms with Gasteiger partial charge in [-0.2, -0.15) is 14.0 Å². The van der Waals surface area contributed by atoms with Crippen LogP contribution in [-0.2, 0) is 0 Å². The van der Waals surface area contributed by atoms with Crippen LogP contribution in [0.25, 0.3) is 0 Å². The lowest BCUT2D eigenvalue weighted by atomic mass is 10.0. The fourth-order valence-corrected chi connectivity index (χ4v) is 1.11. The largest absolute Gasteiger partial charge is 0.435 e. The first-order valence-electron chi connectivity index (χ1n) is 4.00. The minimum absolute atomic E-state index is 0.0275. The molecule has 0 spiro atoms. The third-order valence-corrected chi connectivity index (χ3v) is 1.99. The zero-order valence-electron chi connectivity index (χ0n) is 7.84. The summed E-state index contributed by atoms with van der Waals surface area (Å²) in [5, 5.41) is 8.71. The number of rotatable bonds is 2. The van der Waals surface area contributed by atoms with E-state index in [1.165, 1.54) is 12.1 Å². The first-order valence-corrected chi connectivity index (χ1v) is 4.00. The van der Waals surface area contributed by atoms with E-state index in [1.54, 1.807) is 13.8 Å². The van der Waals surface area contributed by atoms with Crippen LogP contribution in [0.3, 0.4) is 0 Å². The molecule has 0 N–H and O–H groups in total. The van der Waals surface area contributed by atoms with Crippen LogP contribution in [0.1, 0.15) is 16.7 Å². The van der Waals surface area contributed by atoms with Gasteiger partial charge in [-0.3, -0.25) is 0 Å². The summed E-state index contributed by atoms with van der Waals surface area (Å²) < 4.78 is 28.0. The van der Waals surface area contributed by atoms with Gasteiger partial charge in [0.25, 0.3) is 0 Å². The molecule has 0 fully saturated rings. The minimum Gasteiger partial charge on any atom is -0.435 e. The van der Waals surface area contributed by atoms with Gasteiger partial charge < -0.3 is 4.74 Å². The number of alkyl halides is 2. The Morgan fingerprint density at radius 1 is 1.36 bits per heavy atom. The molecule has 0 radical (unpaired) electrons. The van der Waals surface area contributed by atoms with Crippen LogP contribution in [0.15, 0.2) is 12.1 Å². The third kappa shape index (κ3) is 2.19. The molecule has 0 aromatic heterocycles. The molecule has 0 unspecified atom stereocenters. The molecule has 74 valence electrons. The summed E-state index contributed by atoms with van der Waals surface area (Å²) in [5.41, 5.74) is 1.91. The molecule has 2 nitrogen and oxygen atoms in total. The van der Waals surface area contributed by atoms with Gasteiger partial charge in [0.1, 0.15) is 5.75 Å². The van der Waals surface area contributed by atoms with Gasteiger partial charge in [-0.05, 0) is 37.1 Å². The van der Waals surface area contributed by atoms with Gasteiger partial charge in [-0.15, -0.1) is 0 Å². The van der Waals surface area contributed by atoms with E-state index in [-0.39, 0.29) is 5.75 Å². The van der Waals surface area contributed by atoms with Crippen molar-refractivity contribution in [1.29, 1.82) is 5.26 Å². The second-order valence-corrected chi connectivity index (χ2v) is 2.90. The van der Waals surface area contributed by atoms with Crippen molar-refractivity contribution in [2.24, 2.45) is 0 Å². The standard InChI is InChI=1S/C10H9F2NO/c1-6-3-9(14-10(11)12)4-8(5-13)7(6)2/h3-4,10H,1-2H3. The number of halogens is 2. The lowest BCUT2D eigenvalue weighted by molar-refractivity contribution is -0.0498. The van der Waals surface area contributed by atoms with E-state index in [2.05, 4.69) is 4.74 Å². The molecule has 14 heavy (non-hydrogen) atoms. The lowest BCUT2D eigenvalue weighted by Crippen LogP contribution is -2.03. The van der Waals surface area contributed by atoms with Gasteiger partial charge in [0, 0.05) is 0 Å². The van der Waals surface area contributed by atoms with Crippen molar-refractivity contribution in [3.05, 3.63) is 28.8 Å². The number of nitrogens with zero attached hydrogens (tertiary/aromatic N) is 1. The molecule has 0 aliphatic heterocycles. The highest BCUT2D eigenvalue weighted by atomic mass is 19.3. The average molecular weight is 197 g/mol.